The van der Waals surface area contributed by atoms with Crippen molar-refractivity contribution in [2.45, 2.75) is 13.8 Å². The number of carbonyl (C=O) groups excluding carboxylic acids is 1. The number of hydrazone groups is 1. The summed E-state index contributed by atoms with van der Waals surface area (Å²) in [4.78, 5) is 12.2. The molecule has 6 heteroatoms. The fourth-order valence-electron chi connectivity index (χ4n) is 2.25. The average Bonchev–Trinajstić information content (AvgIpc) is 2.75. The molecular formula is C19H19ClN2O3. The van der Waals surface area contributed by atoms with Gasteiger partial charge in [-0.1, -0.05) is 37.6 Å². The van der Waals surface area contributed by atoms with Crippen LogP contribution in [0, 0.1) is 5.41 Å². The number of nitrogens with zero attached hydrogens (tertiary/aromatic N) is 1. The maximum atomic E-state index is 12.2. The lowest BCUT2D eigenvalue weighted by molar-refractivity contribution is 0.0954. The van der Waals surface area contributed by atoms with E-state index in [1.165, 1.54) is 0 Å². The van der Waals surface area contributed by atoms with Crippen LogP contribution in [0.3, 0.4) is 0 Å². The summed E-state index contributed by atoms with van der Waals surface area (Å²) >= 11 is 5.83. The molecule has 2 aromatic carbocycles. The Morgan fingerprint density at radius 3 is 2.52 bits per heavy atom. The predicted molar refractivity (Wildman–Crippen MR) is 97.7 cm³/mol. The molecule has 0 aromatic heterocycles. The molecule has 5 nitrogen and oxygen atoms in total. The minimum Gasteiger partial charge on any atom is -0.489 e. The molecule has 0 spiro atoms. The van der Waals surface area contributed by atoms with Gasteiger partial charge in [0.05, 0.1) is 19.4 Å². The van der Waals surface area contributed by atoms with Crippen LogP contribution < -0.4 is 14.9 Å². The van der Waals surface area contributed by atoms with Gasteiger partial charge in [-0.15, -0.1) is 0 Å². The van der Waals surface area contributed by atoms with Gasteiger partial charge < -0.3 is 9.47 Å². The van der Waals surface area contributed by atoms with Crippen LogP contribution in [-0.2, 0) is 0 Å². The number of hydrogen-bond donors (Lipinski definition) is 1. The Kier molecular flexibility index (Phi) is 4.95. The standard InChI is InChI=1S/C19H19ClN2O3/c1-19(2)11-24-16-8-5-14(9-17(16)25-12-19)18(23)22-21-10-13-3-6-15(20)7-4-13/h3-10H,11-12H2,1-2H3,(H,22,23)/b21-10+. The highest BCUT2D eigenvalue weighted by Gasteiger charge is 2.25. The first-order chi connectivity index (χ1) is 11.9. The van der Waals surface area contributed by atoms with E-state index in [2.05, 4.69) is 24.4 Å². The van der Waals surface area contributed by atoms with Gasteiger partial charge in [-0.05, 0) is 35.9 Å². The van der Waals surface area contributed by atoms with Crippen molar-refractivity contribution in [3.8, 4) is 11.5 Å². The van der Waals surface area contributed by atoms with Crippen molar-refractivity contribution in [3.63, 3.8) is 0 Å². The largest absolute Gasteiger partial charge is 0.489 e. The molecule has 3 rings (SSSR count). The van der Waals surface area contributed by atoms with Crippen molar-refractivity contribution >= 4 is 23.7 Å². The number of amides is 1. The third-order valence-electron chi connectivity index (χ3n) is 3.69. The summed E-state index contributed by atoms with van der Waals surface area (Å²) in [5.41, 5.74) is 3.72. The maximum Gasteiger partial charge on any atom is 0.271 e. The van der Waals surface area contributed by atoms with E-state index in [0.717, 1.165) is 5.56 Å². The Morgan fingerprint density at radius 2 is 1.80 bits per heavy atom. The van der Waals surface area contributed by atoms with Crippen LogP contribution in [0.25, 0.3) is 0 Å². The zero-order valence-electron chi connectivity index (χ0n) is 14.1. The van der Waals surface area contributed by atoms with Crippen molar-refractivity contribution in [2.24, 2.45) is 10.5 Å². The first-order valence-corrected chi connectivity index (χ1v) is 8.29. The van der Waals surface area contributed by atoms with Crippen LogP contribution in [0.1, 0.15) is 29.8 Å². The van der Waals surface area contributed by atoms with Gasteiger partial charge in [0.25, 0.3) is 5.91 Å². The minimum atomic E-state index is -0.319. The van der Waals surface area contributed by atoms with Gasteiger partial charge in [0.1, 0.15) is 0 Å². The third-order valence-corrected chi connectivity index (χ3v) is 3.94. The summed E-state index contributed by atoms with van der Waals surface area (Å²) in [5, 5.41) is 4.61. The van der Waals surface area contributed by atoms with E-state index >= 15 is 0 Å². The molecule has 25 heavy (non-hydrogen) atoms. The van der Waals surface area contributed by atoms with Crippen molar-refractivity contribution in [2.75, 3.05) is 13.2 Å². The summed E-state index contributed by atoms with van der Waals surface area (Å²) < 4.78 is 11.5. The second-order valence-corrected chi connectivity index (χ2v) is 7.09. The molecular weight excluding hydrogens is 340 g/mol. The van der Waals surface area contributed by atoms with Crippen molar-refractivity contribution in [3.05, 3.63) is 58.6 Å². The van der Waals surface area contributed by atoms with Gasteiger partial charge in [-0.2, -0.15) is 5.10 Å². The molecule has 1 amide bonds. The van der Waals surface area contributed by atoms with E-state index in [1.807, 2.05) is 12.1 Å². The SMILES string of the molecule is CC1(C)COc2ccc(C(=O)N/N=C/c3ccc(Cl)cc3)cc2OC1. The molecule has 0 aliphatic carbocycles. The van der Waals surface area contributed by atoms with Gasteiger partial charge in [-0.3, -0.25) is 4.79 Å². The number of fused-ring (bicyclic) bond motifs is 1. The summed E-state index contributed by atoms with van der Waals surface area (Å²) in [6.07, 6.45) is 1.56. The first-order valence-electron chi connectivity index (χ1n) is 7.92. The number of benzene rings is 2. The molecule has 0 fully saturated rings. The Bertz CT molecular complexity index is 801. The van der Waals surface area contributed by atoms with Gasteiger partial charge in [-0.25, -0.2) is 5.43 Å². The minimum absolute atomic E-state index is 0.0791. The Morgan fingerprint density at radius 1 is 1.12 bits per heavy atom. The normalized spacial score (nSPS) is 15.6. The molecule has 0 unspecified atom stereocenters. The Balaban J connectivity index is 1.67. The maximum absolute atomic E-state index is 12.2. The summed E-state index contributed by atoms with van der Waals surface area (Å²) in [6.45, 7) is 5.23. The van der Waals surface area contributed by atoms with Crippen LogP contribution in [-0.4, -0.2) is 25.3 Å². The van der Waals surface area contributed by atoms with Crippen LogP contribution in [0.5, 0.6) is 11.5 Å². The second kappa shape index (κ2) is 7.15. The Labute approximate surface area is 151 Å². The van der Waals surface area contributed by atoms with E-state index in [9.17, 15) is 4.79 Å². The number of hydrogen-bond acceptors (Lipinski definition) is 4. The highest BCUT2D eigenvalue weighted by Crippen LogP contribution is 2.34. The lowest BCUT2D eigenvalue weighted by atomic mass is 9.97. The topological polar surface area (TPSA) is 59.9 Å². The van der Waals surface area contributed by atoms with E-state index in [4.69, 9.17) is 21.1 Å². The van der Waals surface area contributed by atoms with E-state index in [-0.39, 0.29) is 11.3 Å². The van der Waals surface area contributed by atoms with Gasteiger partial charge >= 0.3 is 0 Å². The smallest absolute Gasteiger partial charge is 0.271 e. The highest BCUT2D eigenvalue weighted by atomic mass is 35.5. The fraction of sp³-hybridized carbons (Fsp3) is 0.263. The van der Waals surface area contributed by atoms with Gasteiger partial charge in [0, 0.05) is 16.0 Å². The molecule has 1 aliphatic heterocycles. The molecule has 0 saturated heterocycles. The van der Waals surface area contributed by atoms with E-state index in [1.54, 1.807) is 36.5 Å². The molecule has 1 heterocycles. The van der Waals surface area contributed by atoms with E-state index < -0.39 is 0 Å². The van der Waals surface area contributed by atoms with Crippen LogP contribution >= 0.6 is 11.6 Å². The molecule has 0 saturated carbocycles. The third kappa shape index (κ3) is 4.51. The van der Waals surface area contributed by atoms with Crippen molar-refractivity contribution in [1.82, 2.24) is 5.43 Å². The average molecular weight is 359 g/mol. The number of ether oxygens (including phenoxy) is 2. The first kappa shape index (κ1) is 17.3. The second-order valence-electron chi connectivity index (χ2n) is 6.65. The lowest BCUT2D eigenvalue weighted by Crippen LogP contribution is -2.26. The number of rotatable bonds is 3. The summed E-state index contributed by atoms with van der Waals surface area (Å²) in [7, 11) is 0. The van der Waals surface area contributed by atoms with Crippen molar-refractivity contribution in [1.29, 1.82) is 0 Å². The molecule has 0 radical (unpaired) electrons. The van der Waals surface area contributed by atoms with Gasteiger partial charge in [0.2, 0.25) is 0 Å². The molecule has 1 aliphatic rings. The lowest BCUT2D eigenvalue weighted by Gasteiger charge is -2.19. The monoisotopic (exact) mass is 358 g/mol. The summed E-state index contributed by atoms with van der Waals surface area (Å²) in [6, 6.07) is 12.2. The highest BCUT2D eigenvalue weighted by molar-refractivity contribution is 6.30. The summed E-state index contributed by atoms with van der Waals surface area (Å²) in [5.74, 6) is 0.895. The molecule has 0 atom stereocenters. The molecule has 1 N–H and O–H groups in total. The zero-order valence-corrected chi connectivity index (χ0v) is 14.8. The van der Waals surface area contributed by atoms with E-state index in [0.29, 0.717) is 35.3 Å². The van der Waals surface area contributed by atoms with Crippen LogP contribution in [0.15, 0.2) is 47.6 Å². The fourth-order valence-corrected chi connectivity index (χ4v) is 2.37. The number of halogens is 1. The van der Waals surface area contributed by atoms with Crippen LogP contribution in [0.2, 0.25) is 5.02 Å². The quantitative estimate of drug-likeness (QED) is 0.668. The predicted octanol–water partition coefficient (Wildman–Crippen LogP) is 3.90. The zero-order chi connectivity index (χ0) is 17.9. The number of nitrogens with one attached hydrogen (secondary N) is 1. The van der Waals surface area contributed by atoms with Crippen molar-refractivity contribution < 1.29 is 14.3 Å². The number of carbonyl (C=O) groups is 1. The van der Waals surface area contributed by atoms with Gasteiger partial charge in [0.15, 0.2) is 11.5 Å². The molecule has 2 aromatic rings. The molecule has 130 valence electrons. The van der Waals surface area contributed by atoms with Crippen LogP contribution in [0.4, 0.5) is 0 Å². The Hall–Kier alpha value is -2.53. The molecule has 0 bridgehead atoms.